The largest absolute Gasteiger partial charge is 0.376 e. The minimum Gasteiger partial charge on any atom is -0.376 e. The van der Waals surface area contributed by atoms with Gasteiger partial charge in [0.05, 0.1) is 24.5 Å². The van der Waals surface area contributed by atoms with E-state index in [1.165, 1.54) is 12.3 Å². The maximum absolute atomic E-state index is 13.2. The molecule has 0 aromatic carbocycles. The van der Waals surface area contributed by atoms with Crippen molar-refractivity contribution >= 4 is 5.91 Å². The van der Waals surface area contributed by atoms with Gasteiger partial charge in [-0.25, -0.2) is 4.39 Å². The molecule has 0 aliphatic carbocycles. The number of rotatable bonds is 4. The van der Waals surface area contributed by atoms with Crippen molar-refractivity contribution in [3.8, 4) is 0 Å². The first-order chi connectivity index (χ1) is 11.2. The van der Waals surface area contributed by atoms with Crippen LogP contribution in [0.4, 0.5) is 4.39 Å². The fourth-order valence-electron chi connectivity index (χ4n) is 3.36. The van der Waals surface area contributed by atoms with Crippen LogP contribution < -0.4 is 5.32 Å². The van der Waals surface area contributed by atoms with Crippen LogP contribution in [0.2, 0.25) is 0 Å². The van der Waals surface area contributed by atoms with Gasteiger partial charge in [-0.3, -0.25) is 9.78 Å². The Morgan fingerprint density at radius 1 is 1.35 bits per heavy atom. The van der Waals surface area contributed by atoms with E-state index in [1.807, 2.05) is 4.90 Å². The molecule has 2 saturated heterocycles. The summed E-state index contributed by atoms with van der Waals surface area (Å²) in [5.74, 6) is 0.0669. The second kappa shape index (κ2) is 7.84. The van der Waals surface area contributed by atoms with Gasteiger partial charge < -0.3 is 15.0 Å². The maximum atomic E-state index is 13.2. The summed E-state index contributed by atoms with van der Waals surface area (Å²) in [6.45, 7) is 4.18. The van der Waals surface area contributed by atoms with Gasteiger partial charge in [-0.1, -0.05) is 0 Å². The van der Waals surface area contributed by atoms with Crippen LogP contribution in [0.25, 0.3) is 0 Å². The zero-order valence-corrected chi connectivity index (χ0v) is 13.3. The number of aromatic nitrogens is 1. The number of hydrogen-bond donors (Lipinski definition) is 1. The molecule has 2 aliphatic rings. The van der Waals surface area contributed by atoms with E-state index >= 15 is 0 Å². The monoisotopic (exact) mass is 321 g/mol. The van der Waals surface area contributed by atoms with Crippen molar-refractivity contribution < 1.29 is 13.9 Å². The van der Waals surface area contributed by atoms with Gasteiger partial charge in [0.1, 0.15) is 5.82 Å². The van der Waals surface area contributed by atoms with E-state index in [4.69, 9.17) is 4.74 Å². The first-order valence-electron chi connectivity index (χ1n) is 8.44. The van der Waals surface area contributed by atoms with Crippen LogP contribution in [0.3, 0.4) is 0 Å². The summed E-state index contributed by atoms with van der Waals surface area (Å²) >= 11 is 0. The Bertz CT molecular complexity index is 526. The third-order valence-electron chi connectivity index (χ3n) is 4.75. The van der Waals surface area contributed by atoms with Gasteiger partial charge in [-0.05, 0) is 37.7 Å². The molecule has 1 amide bonds. The van der Waals surface area contributed by atoms with Crippen molar-refractivity contribution in [2.75, 3.05) is 32.8 Å². The molecule has 1 unspecified atom stereocenters. The van der Waals surface area contributed by atoms with Crippen molar-refractivity contribution in [1.29, 1.82) is 0 Å². The van der Waals surface area contributed by atoms with E-state index in [-0.39, 0.29) is 5.91 Å². The SMILES string of the molecule is O=C(c1cncc(F)c1)N1CCC(CCC2CNCCO2)CC1. The normalized spacial score (nSPS) is 23.0. The molecule has 1 N–H and O–H groups in total. The number of nitrogens with one attached hydrogen (secondary N) is 1. The summed E-state index contributed by atoms with van der Waals surface area (Å²) in [6.07, 6.45) is 7.14. The molecule has 6 heteroatoms. The average Bonchev–Trinajstić information content (AvgIpc) is 2.61. The van der Waals surface area contributed by atoms with Crippen molar-refractivity contribution in [1.82, 2.24) is 15.2 Å². The van der Waals surface area contributed by atoms with E-state index in [1.54, 1.807) is 0 Å². The molecule has 2 fully saturated rings. The molecule has 1 aromatic rings. The number of ether oxygens (including phenoxy) is 1. The van der Waals surface area contributed by atoms with Crippen molar-refractivity contribution in [2.45, 2.75) is 31.8 Å². The number of morpholine rings is 1. The molecule has 5 nitrogen and oxygen atoms in total. The number of amides is 1. The minimum absolute atomic E-state index is 0.115. The van der Waals surface area contributed by atoms with Crippen LogP contribution in [-0.2, 0) is 4.74 Å². The van der Waals surface area contributed by atoms with Crippen molar-refractivity contribution in [2.24, 2.45) is 5.92 Å². The van der Waals surface area contributed by atoms with Gasteiger partial charge in [-0.15, -0.1) is 0 Å². The Balaban J connectivity index is 1.43. The van der Waals surface area contributed by atoms with Crippen LogP contribution in [0.15, 0.2) is 18.5 Å². The zero-order chi connectivity index (χ0) is 16.1. The number of piperidine rings is 1. The van der Waals surface area contributed by atoms with Crippen molar-refractivity contribution in [3.63, 3.8) is 0 Å². The lowest BCUT2D eigenvalue weighted by atomic mass is 9.90. The molecule has 3 heterocycles. The molecule has 0 radical (unpaired) electrons. The summed E-state index contributed by atoms with van der Waals surface area (Å²) in [5, 5.41) is 3.35. The van der Waals surface area contributed by atoms with Gasteiger partial charge >= 0.3 is 0 Å². The third kappa shape index (κ3) is 4.48. The first-order valence-corrected chi connectivity index (χ1v) is 8.44. The molecule has 0 bridgehead atoms. The Kier molecular flexibility index (Phi) is 5.56. The number of halogens is 1. The standard InChI is InChI=1S/C17H24FN3O2/c18-15-9-14(10-20-11-15)17(22)21-6-3-13(4-7-21)1-2-16-12-19-5-8-23-16/h9-11,13,16,19H,1-8,12H2. The molecule has 126 valence electrons. The van der Waals surface area contributed by atoms with Crippen LogP contribution in [0, 0.1) is 11.7 Å². The average molecular weight is 321 g/mol. The van der Waals surface area contributed by atoms with Gasteiger partial charge in [-0.2, -0.15) is 0 Å². The fraction of sp³-hybridized carbons (Fsp3) is 0.647. The summed E-state index contributed by atoms with van der Waals surface area (Å²) in [4.78, 5) is 17.9. The van der Waals surface area contributed by atoms with E-state index in [0.29, 0.717) is 17.6 Å². The van der Waals surface area contributed by atoms with Crippen LogP contribution in [0.1, 0.15) is 36.0 Å². The molecule has 1 aromatic heterocycles. The zero-order valence-electron chi connectivity index (χ0n) is 13.3. The van der Waals surface area contributed by atoms with Crippen LogP contribution in [-0.4, -0.2) is 54.7 Å². The van der Waals surface area contributed by atoms with E-state index < -0.39 is 5.82 Å². The highest BCUT2D eigenvalue weighted by Crippen LogP contribution is 2.24. The van der Waals surface area contributed by atoms with Gasteiger partial charge in [0.15, 0.2) is 0 Å². The van der Waals surface area contributed by atoms with Gasteiger partial charge in [0, 0.05) is 32.4 Å². The predicted molar refractivity (Wildman–Crippen MR) is 84.7 cm³/mol. The quantitative estimate of drug-likeness (QED) is 0.919. The topological polar surface area (TPSA) is 54.5 Å². The number of hydrogen-bond acceptors (Lipinski definition) is 4. The highest BCUT2D eigenvalue weighted by atomic mass is 19.1. The van der Waals surface area contributed by atoms with Crippen LogP contribution in [0.5, 0.6) is 0 Å². The lowest BCUT2D eigenvalue weighted by Crippen LogP contribution is -2.40. The molecule has 1 atom stereocenters. The Morgan fingerprint density at radius 3 is 2.87 bits per heavy atom. The number of carbonyl (C=O) groups is 1. The molecular formula is C17H24FN3O2. The lowest BCUT2D eigenvalue weighted by molar-refractivity contribution is 0.0175. The van der Waals surface area contributed by atoms with E-state index in [2.05, 4.69) is 10.3 Å². The van der Waals surface area contributed by atoms with Gasteiger partial charge in [0.25, 0.3) is 5.91 Å². The Labute approximate surface area is 136 Å². The second-order valence-electron chi connectivity index (χ2n) is 6.40. The summed E-state index contributed by atoms with van der Waals surface area (Å²) in [6, 6.07) is 1.26. The van der Waals surface area contributed by atoms with Gasteiger partial charge in [0.2, 0.25) is 0 Å². The molecule has 23 heavy (non-hydrogen) atoms. The summed E-state index contributed by atoms with van der Waals surface area (Å²) in [7, 11) is 0. The second-order valence-corrected chi connectivity index (χ2v) is 6.40. The maximum Gasteiger partial charge on any atom is 0.255 e. The molecule has 0 spiro atoms. The van der Waals surface area contributed by atoms with E-state index in [9.17, 15) is 9.18 Å². The van der Waals surface area contributed by atoms with Crippen LogP contribution >= 0.6 is 0 Å². The molecule has 0 saturated carbocycles. The number of likely N-dealkylation sites (tertiary alicyclic amines) is 1. The summed E-state index contributed by atoms with van der Waals surface area (Å²) in [5.41, 5.74) is 0.338. The molecule has 2 aliphatic heterocycles. The predicted octanol–water partition coefficient (Wildman–Crippen LogP) is 1.84. The van der Waals surface area contributed by atoms with Crippen molar-refractivity contribution in [3.05, 3.63) is 29.8 Å². The number of carbonyl (C=O) groups excluding carboxylic acids is 1. The number of nitrogens with zero attached hydrogens (tertiary/aromatic N) is 2. The summed E-state index contributed by atoms with van der Waals surface area (Å²) < 4.78 is 18.9. The first kappa shape index (κ1) is 16.3. The Morgan fingerprint density at radius 2 is 2.17 bits per heavy atom. The Hall–Kier alpha value is -1.53. The minimum atomic E-state index is -0.466. The lowest BCUT2D eigenvalue weighted by Gasteiger charge is -2.33. The third-order valence-corrected chi connectivity index (χ3v) is 4.75. The van der Waals surface area contributed by atoms with E-state index in [0.717, 1.165) is 64.7 Å². The molecular weight excluding hydrogens is 297 g/mol. The highest BCUT2D eigenvalue weighted by Gasteiger charge is 2.25. The number of pyridine rings is 1. The highest BCUT2D eigenvalue weighted by molar-refractivity contribution is 5.93. The molecule has 3 rings (SSSR count). The smallest absolute Gasteiger partial charge is 0.255 e. The fourth-order valence-corrected chi connectivity index (χ4v) is 3.36.